The van der Waals surface area contributed by atoms with Crippen LogP contribution in [0, 0.1) is 0 Å². The summed E-state index contributed by atoms with van der Waals surface area (Å²) in [6.07, 6.45) is -4.46. The van der Waals surface area contributed by atoms with Crippen LogP contribution in [0.5, 0.6) is 0 Å². The molecule has 1 fully saturated rings. The first-order valence-electron chi connectivity index (χ1n) is 9.05. The number of alkyl halides is 3. The van der Waals surface area contributed by atoms with E-state index in [1.54, 1.807) is 12.1 Å². The Hall–Kier alpha value is -2.80. The Morgan fingerprint density at radius 1 is 1.14 bits per heavy atom. The molecule has 0 bridgehead atoms. The van der Waals surface area contributed by atoms with Gasteiger partial charge in [-0.05, 0) is 37.3 Å². The molecule has 0 saturated carbocycles. The molecule has 4 nitrogen and oxygen atoms in total. The smallest absolute Gasteiger partial charge is 0.416 e. The Bertz CT molecular complexity index is 1080. The van der Waals surface area contributed by atoms with E-state index in [4.69, 9.17) is 4.42 Å². The number of nitrogens with one attached hydrogen (secondary N) is 1. The number of benzene rings is 2. The zero-order valence-electron chi connectivity index (χ0n) is 15.2. The van der Waals surface area contributed by atoms with Gasteiger partial charge < -0.3 is 14.6 Å². The molecule has 0 aliphatic carbocycles. The number of hydrogen-bond acceptors (Lipinski definition) is 4. The minimum atomic E-state index is -4.46. The van der Waals surface area contributed by atoms with Crippen molar-refractivity contribution in [3.63, 3.8) is 0 Å². The molecule has 0 radical (unpaired) electrons. The number of piperazine rings is 1. The predicted octanol–water partition coefficient (Wildman–Crippen LogP) is 4.28. The summed E-state index contributed by atoms with van der Waals surface area (Å²) in [5, 5.41) is 3.79. The largest absolute Gasteiger partial charge is 0.456 e. The molecule has 2 aromatic carbocycles. The van der Waals surface area contributed by atoms with Crippen molar-refractivity contribution in [2.24, 2.45) is 0 Å². The van der Waals surface area contributed by atoms with E-state index in [0.29, 0.717) is 17.0 Å². The molecule has 2 heterocycles. The van der Waals surface area contributed by atoms with Gasteiger partial charge in [0.05, 0.1) is 10.9 Å². The zero-order chi connectivity index (χ0) is 19.9. The van der Waals surface area contributed by atoms with E-state index in [1.807, 2.05) is 6.07 Å². The molecule has 4 rings (SSSR count). The first-order chi connectivity index (χ1) is 13.3. The standard InChI is InChI=1S/C21H19F3N2O2/c1-13-12-26(8-7-25-13)16-5-6-19-17(10-16)18(27)11-20(28-19)14-3-2-4-15(9-14)21(22,23)24/h2-6,9-11,13,25H,7-8,12H2,1H3/t13-/m0/s1. The Morgan fingerprint density at radius 2 is 1.96 bits per heavy atom. The van der Waals surface area contributed by atoms with Gasteiger partial charge in [0.2, 0.25) is 0 Å². The highest BCUT2D eigenvalue weighted by Crippen LogP contribution is 2.32. The third kappa shape index (κ3) is 3.62. The van der Waals surface area contributed by atoms with E-state index in [1.165, 1.54) is 18.2 Å². The summed E-state index contributed by atoms with van der Waals surface area (Å²) >= 11 is 0. The van der Waals surface area contributed by atoms with Crippen molar-refractivity contribution in [3.8, 4) is 11.3 Å². The van der Waals surface area contributed by atoms with Gasteiger partial charge in [-0.3, -0.25) is 4.79 Å². The molecule has 1 aliphatic heterocycles. The van der Waals surface area contributed by atoms with E-state index in [9.17, 15) is 18.0 Å². The Kier molecular flexibility index (Phi) is 4.63. The summed E-state index contributed by atoms with van der Waals surface area (Å²) < 4.78 is 44.7. The van der Waals surface area contributed by atoms with E-state index in [2.05, 4.69) is 17.1 Å². The molecule has 0 amide bonds. The molecule has 0 unspecified atom stereocenters. The molecule has 28 heavy (non-hydrogen) atoms. The first-order valence-corrected chi connectivity index (χ1v) is 9.05. The summed E-state index contributed by atoms with van der Waals surface area (Å²) in [4.78, 5) is 14.8. The molecule has 1 N–H and O–H groups in total. The summed E-state index contributed by atoms with van der Waals surface area (Å²) in [7, 11) is 0. The van der Waals surface area contributed by atoms with Crippen molar-refractivity contribution < 1.29 is 17.6 Å². The third-order valence-corrected chi connectivity index (χ3v) is 4.92. The van der Waals surface area contributed by atoms with Gasteiger partial charge in [0.25, 0.3) is 0 Å². The zero-order valence-corrected chi connectivity index (χ0v) is 15.2. The lowest BCUT2D eigenvalue weighted by Crippen LogP contribution is -2.49. The Balaban J connectivity index is 1.74. The van der Waals surface area contributed by atoms with Crippen LogP contribution in [0.15, 0.2) is 57.7 Å². The average Bonchev–Trinajstić information content (AvgIpc) is 2.67. The molecule has 146 valence electrons. The van der Waals surface area contributed by atoms with Gasteiger partial charge in [0.1, 0.15) is 11.3 Å². The van der Waals surface area contributed by atoms with E-state index in [-0.39, 0.29) is 16.8 Å². The summed E-state index contributed by atoms with van der Waals surface area (Å²) in [5.74, 6) is 0.118. The first kappa shape index (κ1) is 18.6. The van der Waals surface area contributed by atoms with E-state index < -0.39 is 11.7 Å². The number of anilines is 1. The number of nitrogens with zero attached hydrogens (tertiary/aromatic N) is 1. The van der Waals surface area contributed by atoms with Crippen molar-refractivity contribution in [2.75, 3.05) is 24.5 Å². The third-order valence-electron chi connectivity index (χ3n) is 4.92. The lowest BCUT2D eigenvalue weighted by atomic mass is 10.1. The van der Waals surface area contributed by atoms with Crippen molar-refractivity contribution in [1.29, 1.82) is 0 Å². The summed E-state index contributed by atoms with van der Waals surface area (Å²) in [6, 6.07) is 11.7. The summed E-state index contributed by atoms with van der Waals surface area (Å²) in [6.45, 7) is 4.63. The minimum absolute atomic E-state index is 0.118. The van der Waals surface area contributed by atoms with Crippen LogP contribution in [-0.2, 0) is 6.18 Å². The topological polar surface area (TPSA) is 45.5 Å². The van der Waals surface area contributed by atoms with Gasteiger partial charge in [-0.15, -0.1) is 0 Å². The fourth-order valence-electron chi connectivity index (χ4n) is 3.50. The second kappa shape index (κ2) is 6.98. The van der Waals surface area contributed by atoms with Gasteiger partial charge in [0, 0.05) is 43.0 Å². The lowest BCUT2D eigenvalue weighted by Gasteiger charge is -2.33. The van der Waals surface area contributed by atoms with Crippen LogP contribution in [0.2, 0.25) is 0 Å². The van der Waals surface area contributed by atoms with Crippen LogP contribution in [0.25, 0.3) is 22.3 Å². The van der Waals surface area contributed by atoms with Crippen LogP contribution in [0.4, 0.5) is 18.9 Å². The van der Waals surface area contributed by atoms with Gasteiger partial charge in [-0.1, -0.05) is 12.1 Å². The molecule has 0 spiro atoms. The van der Waals surface area contributed by atoms with Gasteiger partial charge in [-0.25, -0.2) is 0 Å². The van der Waals surface area contributed by atoms with Crippen molar-refractivity contribution in [2.45, 2.75) is 19.1 Å². The number of rotatable bonds is 2. The second-order valence-corrected chi connectivity index (χ2v) is 7.04. The Labute approximate surface area is 159 Å². The fourth-order valence-corrected chi connectivity index (χ4v) is 3.50. The second-order valence-electron chi connectivity index (χ2n) is 7.04. The average molecular weight is 388 g/mol. The molecule has 1 atom stereocenters. The van der Waals surface area contributed by atoms with Crippen molar-refractivity contribution in [3.05, 3.63) is 64.3 Å². The summed E-state index contributed by atoms with van der Waals surface area (Å²) in [5.41, 5.74) is 0.440. The van der Waals surface area contributed by atoms with E-state index in [0.717, 1.165) is 37.5 Å². The monoisotopic (exact) mass is 388 g/mol. The molecule has 1 aliphatic rings. The lowest BCUT2D eigenvalue weighted by molar-refractivity contribution is -0.137. The molecule has 1 saturated heterocycles. The van der Waals surface area contributed by atoms with E-state index >= 15 is 0 Å². The van der Waals surface area contributed by atoms with Crippen LogP contribution in [-0.4, -0.2) is 25.7 Å². The van der Waals surface area contributed by atoms with Crippen LogP contribution in [0.3, 0.4) is 0 Å². The molecule has 7 heteroatoms. The highest BCUT2D eigenvalue weighted by Gasteiger charge is 2.30. The normalized spacial score (nSPS) is 17.9. The molecular formula is C21H19F3N2O2. The number of halogens is 3. The van der Waals surface area contributed by atoms with Gasteiger partial charge in [-0.2, -0.15) is 13.2 Å². The van der Waals surface area contributed by atoms with Gasteiger partial charge in [0.15, 0.2) is 5.43 Å². The SMILES string of the molecule is C[C@H]1CN(c2ccc3oc(-c4cccc(C(F)(F)F)c4)cc(=O)c3c2)CCN1. The van der Waals surface area contributed by atoms with Crippen molar-refractivity contribution in [1.82, 2.24) is 5.32 Å². The number of hydrogen-bond donors (Lipinski definition) is 1. The minimum Gasteiger partial charge on any atom is -0.456 e. The fraction of sp³-hybridized carbons (Fsp3) is 0.286. The molecular weight excluding hydrogens is 369 g/mol. The maximum Gasteiger partial charge on any atom is 0.416 e. The number of fused-ring (bicyclic) bond motifs is 1. The highest BCUT2D eigenvalue weighted by molar-refractivity contribution is 5.82. The predicted molar refractivity (Wildman–Crippen MR) is 103 cm³/mol. The molecule has 1 aromatic heterocycles. The highest BCUT2D eigenvalue weighted by atomic mass is 19.4. The molecule has 3 aromatic rings. The quantitative estimate of drug-likeness (QED) is 0.712. The Morgan fingerprint density at radius 3 is 2.71 bits per heavy atom. The van der Waals surface area contributed by atoms with Crippen LogP contribution in [0.1, 0.15) is 12.5 Å². The maximum atomic E-state index is 13.0. The van der Waals surface area contributed by atoms with Crippen LogP contribution < -0.4 is 15.6 Å². The maximum absolute atomic E-state index is 13.0. The van der Waals surface area contributed by atoms with Crippen LogP contribution >= 0.6 is 0 Å². The van der Waals surface area contributed by atoms with Gasteiger partial charge >= 0.3 is 6.18 Å². The van der Waals surface area contributed by atoms with Crippen molar-refractivity contribution >= 4 is 16.7 Å².